The first kappa shape index (κ1) is 13.6. The Morgan fingerprint density at radius 1 is 1.26 bits per heavy atom. The van der Waals surface area contributed by atoms with E-state index in [9.17, 15) is 4.79 Å². The van der Waals surface area contributed by atoms with E-state index in [-0.39, 0.29) is 17.7 Å². The third-order valence-electron chi connectivity index (χ3n) is 2.88. The van der Waals surface area contributed by atoms with Gasteiger partial charge < -0.3 is 19.2 Å². The average Bonchev–Trinajstić information content (AvgIpc) is 2.84. The molecule has 2 aromatic rings. The van der Waals surface area contributed by atoms with Gasteiger partial charge in [0.15, 0.2) is 12.1 Å². The molecule has 1 amide bonds. The second kappa shape index (κ2) is 5.86. The van der Waals surface area contributed by atoms with Crippen molar-refractivity contribution < 1.29 is 18.7 Å². The Kier molecular flexibility index (Phi) is 4.19. The number of benzene rings is 1. The minimum absolute atomic E-state index is 0.277. The number of para-hydroxylation sites is 1. The van der Waals surface area contributed by atoms with E-state index in [4.69, 9.17) is 13.9 Å². The molecule has 0 spiro atoms. The lowest BCUT2D eigenvalue weighted by Gasteiger charge is -2.21. The van der Waals surface area contributed by atoms with Crippen molar-refractivity contribution in [2.24, 2.45) is 0 Å². The molecule has 0 saturated heterocycles. The molecule has 0 aliphatic carbocycles. The molecular formula is C14H17NO4. The van der Waals surface area contributed by atoms with Gasteiger partial charge in [-0.1, -0.05) is 18.2 Å². The SMILES string of the molecule is COC(OC)C(C)NC(=O)c1cc2ccccc2o1. The lowest BCUT2D eigenvalue weighted by molar-refractivity contribution is -0.117. The van der Waals surface area contributed by atoms with E-state index in [2.05, 4.69) is 5.32 Å². The summed E-state index contributed by atoms with van der Waals surface area (Å²) in [6.07, 6.45) is -0.492. The summed E-state index contributed by atoms with van der Waals surface area (Å²) in [5, 5.41) is 3.67. The Morgan fingerprint density at radius 2 is 1.95 bits per heavy atom. The summed E-state index contributed by atoms with van der Waals surface area (Å²) in [6.45, 7) is 1.80. The zero-order chi connectivity index (χ0) is 13.8. The van der Waals surface area contributed by atoms with Crippen LogP contribution in [-0.2, 0) is 9.47 Å². The Morgan fingerprint density at radius 3 is 2.58 bits per heavy atom. The molecule has 0 bridgehead atoms. The second-order valence-corrected chi connectivity index (χ2v) is 4.25. The monoisotopic (exact) mass is 263 g/mol. The van der Waals surface area contributed by atoms with Gasteiger partial charge in [0.25, 0.3) is 5.91 Å². The number of amides is 1. The molecule has 102 valence electrons. The van der Waals surface area contributed by atoms with Crippen molar-refractivity contribution >= 4 is 16.9 Å². The van der Waals surface area contributed by atoms with E-state index in [1.54, 1.807) is 13.0 Å². The maximum absolute atomic E-state index is 12.0. The van der Waals surface area contributed by atoms with Crippen LogP contribution < -0.4 is 5.32 Å². The zero-order valence-electron chi connectivity index (χ0n) is 11.2. The standard InChI is InChI=1S/C14H17NO4/c1-9(14(17-2)18-3)15-13(16)12-8-10-6-4-5-7-11(10)19-12/h4-9,14H,1-3H3,(H,15,16). The summed E-state index contributed by atoms with van der Waals surface area (Å²) in [6, 6.07) is 8.91. The Balaban J connectivity index is 2.11. The molecular weight excluding hydrogens is 246 g/mol. The number of fused-ring (bicyclic) bond motifs is 1. The topological polar surface area (TPSA) is 60.7 Å². The lowest BCUT2D eigenvalue weighted by Crippen LogP contribution is -2.42. The third-order valence-corrected chi connectivity index (χ3v) is 2.88. The normalized spacial score (nSPS) is 12.8. The fourth-order valence-corrected chi connectivity index (χ4v) is 1.94. The molecule has 1 unspecified atom stereocenters. The number of ether oxygens (including phenoxy) is 2. The highest BCUT2D eigenvalue weighted by Gasteiger charge is 2.20. The highest BCUT2D eigenvalue weighted by atomic mass is 16.7. The first-order chi connectivity index (χ1) is 9.15. The summed E-state index contributed by atoms with van der Waals surface area (Å²) in [4.78, 5) is 12.0. The highest BCUT2D eigenvalue weighted by Crippen LogP contribution is 2.18. The number of carbonyl (C=O) groups is 1. The fraction of sp³-hybridized carbons (Fsp3) is 0.357. The number of methoxy groups -OCH3 is 2. The Labute approximate surface area is 111 Å². The molecule has 1 aromatic heterocycles. The van der Waals surface area contributed by atoms with Crippen LogP contribution in [0.25, 0.3) is 11.0 Å². The maximum Gasteiger partial charge on any atom is 0.287 e. The number of hydrogen-bond acceptors (Lipinski definition) is 4. The first-order valence-electron chi connectivity index (χ1n) is 6.00. The van der Waals surface area contributed by atoms with Gasteiger partial charge in [-0.25, -0.2) is 0 Å². The van der Waals surface area contributed by atoms with Crippen molar-refractivity contribution in [2.45, 2.75) is 19.3 Å². The molecule has 5 nitrogen and oxygen atoms in total. The minimum Gasteiger partial charge on any atom is -0.451 e. The molecule has 2 rings (SSSR count). The van der Waals surface area contributed by atoms with Gasteiger partial charge in [0.2, 0.25) is 0 Å². The van der Waals surface area contributed by atoms with E-state index < -0.39 is 6.29 Å². The molecule has 5 heteroatoms. The summed E-state index contributed by atoms with van der Waals surface area (Å²) in [5.41, 5.74) is 0.690. The van der Waals surface area contributed by atoms with Crippen LogP contribution >= 0.6 is 0 Å². The number of hydrogen-bond donors (Lipinski definition) is 1. The largest absolute Gasteiger partial charge is 0.451 e. The van der Waals surface area contributed by atoms with Crippen LogP contribution in [0.3, 0.4) is 0 Å². The fourth-order valence-electron chi connectivity index (χ4n) is 1.94. The highest BCUT2D eigenvalue weighted by molar-refractivity contribution is 5.96. The van der Waals surface area contributed by atoms with Crippen LogP contribution in [0.2, 0.25) is 0 Å². The zero-order valence-corrected chi connectivity index (χ0v) is 11.2. The van der Waals surface area contributed by atoms with Gasteiger partial charge in [-0.05, 0) is 19.1 Å². The molecule has 1 N–H and O–H groups in total. The second-order valence-electron chi connectivity index (χ2n) is 4.25. The van der Waals surface area contributed by atoms with Crippen molar-refractivity contribution in [3.63, 3.8) is 0 Å². The Bertz CT molecular complexity index is 526. The van der Waals surface area contributed by atoms with Crippen molar-refractivity contribution in [2.75, 3.05) is 14.2 Å². The van der Waals surface area contributed by atoms with E-state index >= 15 is 0 Å². The van der Waals surface area contributed by atoms with Gasteiger partial charge in [0, 0.05) is 19.6 Å². The number of nitrogens with one attached hydrogen (secondary N) is 1. The summed E-state index contributed by atoms with van der Waals surface area (Å²) in [5.74, 6) is -0.0122. The van der Waals surface area contributed by atoms with Crippen LogP contribution in [0, 0.1) is 0 Å². The van der Waals surface area contributed by atoms with Crippen LogP contribution in [-0.4, -0.2) is 32.5 Å². The Hall–Kier alpha value is -1.85. The van der Waals surface area contributed by atoms with E-state index in [1.165, 1.54) is 14.2 Å². The number of rotatable bonds is 5. The average molecular weight is 263 g/mol. The minimum atomic E-state index is -0.492. The number of carbonyl (C=O) groups excluding carboxylic acids is 1. The predicted molar refractivity (Wildman–Crippen MR) is 70.9 cm³/mol. The van der Waals surface area contributed by atoms with Gasteiger partial charge in [0.05, 0.1) is 6.04 Å². The first-order valence-corrected chi connectivity index (χ1v) is 6.00. The third kappa shape index (κ3) is 2.94. The summed E-state index contributed by atoms with van der Waals surface area (Å²) in [7, 11) is 3.05. The lowest BCUT2D eigenvalue weighted by atomic mass is 10.2. The van der Waals surface area contributed by atoms with Gasteiger partial charge in [0.1, 0.15) is 5.58 Å². The molecule has 0 aliphatic heterocycles. The van der Waals surface area contributed by atoms with E-state index in [1.807, 2.05) is 24.3 Å². The molecule has 1 atom stereocenters. The van der Waals surface area contributed by atoms with Crippen LogP contribution in [0.4, 0.5) is 0 Å². The molecule has 1 aromatic carbocycles. The molecule has 0 fully saturated rings. The van der Waals surface area contributed by atoms with Crippen LogP contribution in [0.1, 0.15) is 17.5 Å². The molecule has 0 aliphatic rings. The molecule has 1 heterocycles. The van der Waals surface area contributed by atoms with Crippen molar-refractivity contribution in [3.05, 3.63) is 36.1 Å². The van der Waals surface area contributed by atoms with Crippen LogP contribution in [0.15, 0.2) is 34.7 Å². The summed E-state index contributed by atoms with van der Waals surface area (Å²) < 4.78 is 15.7. The molecule has 19 heavy (non-hydrogen) atoms. The van der Waals surface area contributed by atoms with Gasteiger partial charge in [-0.2, -0.15) is 0 Å². The van der Waals surface area contributed by atoms with Gasteiger partial charge in [-0.15, -0.1) is 0 Å². The predicted octanol–water partition coefficient (Wildman–Crippen LogP) is 2.17. The van der Waals surface area contributed by atoms with Gasteiger partial charge >= 0.3 is 0 Å². The smallest absolute Gasteiger partial charge is 0.287 e. The maximum atomic E-state index is 12.0. The van der Waals surface area contributed by atoms with Crippen molar-refractivity contribution in [3.8, 4) is 0 Å². The van der Waals surface area contributed by atoms with Gasteiger partial charge in [-0.3, -0.25) is 4.79 Å². The quantitative estimate of drug-likeness (QED) is 0.840. The van der Waals surface area contributed by atoms with E-state index in [0.29, 0.717) is 5.58 Å². The van der Waals surface area contributed by atoms with Crippen molar-refractivity contribution in [1.29, 1.82) is 0 Å². The van der Waals surface area contributed by atoms with E-state index in [0.717, 1.165) is 5.39 Å². The number of furan rings is 1. The molecule has 0 radical (unpaired) electrons. The summed E-state index contributed by atoms with van der Waals surface area (Å²) >= 11 is 0. The van der Waals surface area contributed by atoms with Crippen molar-refractivity contribution in [1.82, 2.24) is 5.32 Å². The molecule has 0 saturated carbocycles. The van der Waals surface area contributed by atoms with Crippen LogP contribution in [0.5, 0.6) is 0 Å².